The SMILES string of the molecule is O=C(Nc1cccc(Cl)c1)c1ccc(NCc2ccccc2Cl)cn1. The number of halogens is 2. The van der Waals surface area contributed by atoms with Crippen LogP contribution < -0.4 is 10.6 Å². The molecule has 0 bridgehead atoms. The predicted octanol–water partition coefficient (Wildman–Crippen LogP) is 5.25. The van der Waals surface area contributed by atoms with Gasteiger partial charge in [0.25, 0.3) is 5.91 Å². The molecule has 0 unspecified atom stereocenters. The Morgan fingerprint density at radius 3 is 2.52 bits per heavy atom. The maximum atomic E-state index is 12.2. The number of nitrogens with one attached hydrogen (secondary N) is 2. The molecule has 1 aromatic heterocycles. The van der Waals surface area contributed by atoms with Crippen LogP contribution >= 0.6 is 23.2 Å². The number of hydrogen-bond donors (Lipinski definition) is 2. The minimum absolute atomic E-state index is 0.292. The van der Waals surface area contributed by atoms with E-state index in [1.165, 1.54) is 0 Å². The van der Waals surface area contributed by atoms with Crippen LogP contribution in [0.1, 0.15) is 16.1 Å². The Morgan fingerprint density at radius 2 is 1.80 bits per heavy atom. The van der Waals surface area contributed by atoms with Crippen molar-refractivity contribution in [1.82, 2.24) is 4.98 Å². The topological polar surface area (TPSA) is 54.0 Å². The van der Waals surface area contributed by atoms with Crippen molar-refractivity contribution in [2.45, 2.75) is 6.54 Å². The minimum atomic E-state index is -0.292. The Bertz CT molecular complexity index is 882. The van der Waals surface area contributed by atoms with E-state index in [1.54, 1.807) is 42.6 Å². The number of hydrogen-bond acceptors (Lipinski definition) is 3. The van der Waals surface area contributed by atoms with E-state index in [1.807, 2.05) is 24.3 Å². The molecule has 4 nitrogen and oxygen atoms in total. The second-order valence-electron chi connectivity index (χ2n) is 5.34. The highest BCUT2D eigenvalue weighted by Crippen LogP contribution is 2.18. The molecule has 1 heterocycles. The van der Waals surface area contributed by atoms with E-state index in [0.29, 0.717) is 28.0 Å². The molecule has 0 spiro atoms. The maximum Gasteiger partial charge on any atom is 0.274 e. The molecule has 0 atom stereocenters. The molecular formula is C19H15Cl2N3O. The number of carbonyl (C=O) groups excluding carboxylic acids is 1. The molecule has 1 amide bonds. The van der Waals surface area contributed by atoms with Gasteiger partial charge >= 0.3 is 0 Å². The smallest absolute Gasteiger partial charge is 0.274 e. The summed E-state index contributed by atoms with van der Waals surface area (Å²) in [6.07, 6.45) is 1.61. The van der Waals surface area contributed by atoms with Crippen molar-refractivity contribution in [2.75, 3.05) is 10.6 Å². The first-order valence-electron chi connectivity index (χ1n) is 7.62. The highest BCUT2D eigenvalue weighted by molar-refractivity contribution is 6.31. The molecule has 3 aromatic rings. The van der Waals surface area contributed by atoms with E-state index < -0.39 is 0 Å². The van der Waals surface area contributed by atoms with Crippen molar-refractivity contribution in [3.05, 3.63) is 88.2 Å². The number of nitrogens with zero attached hydrogens (tertiary/aromatic N) is 1. The lowest BCUT2D eigenvalue weighted by Crippen LogP contribution is -2.13. The number of pyridine rings is 1. The van der Waals surface area contributed by atoms with Gasteiger partial charge in [0.1, 0.15) is 5.69 Å². The van der Waals surface area contributed by atoms with Crippen LogP contribution in [0, 0.1) is 0 Å². The lowest BCUT2D eigenvalue weighted by Gasteiger charge is -2.09. The van der Waals surface area contributed by atoms with Gasteiger partial charge in [0, 0.05) is 22.3 Å². The van der Waals surface area contributed by atoms with Gasteiger partial charge in [-0.15, -0.1) is 0 Å². The first kappa shape index (κ1) is 17.3. The lowest BCUT2D eigenvalue weighted by atomic mass is 10.2. The zero-order valence-corrected chi connectivity index (χ0v) is 14.7. The highest BCUT2D eigenvalue weighted by Gasteiger charge is 2.08. The van der Waals surface area contributed by atoms with Gasteiger partial charge in [-0.2, -0.15) is 0 Å². The van der Waals surface area contributed by atoms with Crippen molar-refractivity contribution < 1.29 is 4.79 Å². The summed E-state index contributed by atoms with van der Waals surface area (Å²) in [7, 11) is 0. The summed E-state index contributed by atoms with van der Waals surface area (Å²) < 4.78 is 0. The van der Waals surface area contributed by atoms with Gasteiger partial charge in [-0.25, -0.2) is 4.98 Å². The molecule has 0 aliphatic rings. The van der Waals surface area contributed by atoms with E-state index in [4.69, 9.17) is 23.2 Å². The van der Waals surface area contributed by atoms with Gasteiger partial charge in [0.05, 0.1) is 11.9 Å². The Labute approximate surface area is 155 Å². The minimum Gasteiger partial charge on any atom is -0.380 e. The van der Waals surface area contributed by atoms with E-state index in [2.05, 4.69) is 15.6 Å². The Morgan fingerprint density at radius 1 is 0.960 bits per heavy atom. The third kappa shape index (κ3) is 4.72. The molecule has 0 aliphatic heterocycles. The second kappa shape index (κ2) is 8.01. The number of anilines is 2. The molecule has 2 aromatic carbocycles. The van der Waals surface area contributed by atoms with Crippen LogP contribution in [0.4, 0.5) is 11.4 Å². The van der Waals surface area contributed by atoms with Crippen LogP contribution in [0.25, 0.3) is 0 Å². The fraction of sp³-hybridized carbons (Fsp3) is 0.0526. The molecule has 25 heavy (non-hydrogen) atoms. The third-order valence-electron chi connectivity index (χ3n) is 3.52. The van der Waals surface area contributed by atoms with Gasteiger partial charge in [0.15, 0.2) is 0 Å². The first-order chi connectivity index (χ1) is 12.1. The van der Waals surface area contributed by atoms with E-state index in [-0.39, 0.29) is 5.91 Å². The van der Waals surface area contributed by atoms with Crippen LogP contribution in [0.3, 0.4) is 0 Å². The fourth-order valence-corrected chi connectivity index (χ4v) is 2.63. The molecule has 0 radical (unpaired) electrons. The van der Waals surface area contributed by atoms with Crippen LogP contribution in [0.5, 0.6) is 0 Å². The summed E-state index contributed by atoms with van der Waals surface area (Å²) in [5, 5.41) is 7.26. The number of rotatable bonds is 5. The molecule has 0 aliphatic carbocycles. The monoisotopic (exact) mass is 371 g/mol. The van der Waals surface area contributed by atoms with Crippen LogP contribution in [-0.2, 0) is 6.54 Å². The maximum absolute atomic E-state index is 12.2. The zero-order chi connectivity index (χ0) is 17.6. The molecule has 0 saturated carbocycles. The number of aromatic nitrogens is 1. The van der Waals surface area contributed by atoms with Crippen molar-refractivity contribution in [3.8, 4) is 0 Å². The molecule has 0 saturated heterocycles. The average molecular weight is 372 g/mol. The largest absolute Gasteiger partial charge is 0.380 e. The Hall–Kier alpha value is -2.56. The summed E-state index contributed by atoms with van der Waals surface area (Å²) in [6, 6.07) is 18.1. The highest BCUT2D eigenvalue weighted by atomic mass is 35.5. The molecule has 3 rings (SSSR count). The molecule has 2 N–H and O–H groups in total. The first-order valence-corrected chi connectivity index (χ1v) is 8.38. The summed E-state index contributed by atoms with van der Waals surface area (Å²) in [4.78, 5) is 16.4. The lowest BCUT2D eigenvalue weighted by molar-refractivity contribution is 0.102. The molecule has 6 heteroatoms. The molecular weight excluding hydrogens is 357 g/mol. The van der Waals surface area contributed by atoms with Gasteiger partial charge in [-0.1, -0.05) is 47.5 Å². The second-order valence-corrected chi connectivity index (χ2v) is 6.19. The van der Waals surface area contributed by atoms with Gasteiger partial charge in [-0.3, -0.25) is 4.79 Å². The number of amides is 1. The van der Waals surface area contributed by atoms with Crippen molar-refractivity contribution in [3.63, 3.8) is 0 Å². The quantitative estimate of drug-likeness (QED) is 0.643. The van der Waals surface area contributed by atoms with E-state index in [9.17, 15) is 4.79 Å². The van der Waals surface area contributed by atoms with Crippen LogP contribution in [0.15, 0.2) is 66.9 Å². The average Bonchev–Trinajstić information content (AvgIpc) is 2.61. The van der Waals surface area contributed by atoms with E-state index in [0.717, 1.165) is 11.3 Å². The Balaban J connectivity index is 1.61. The normalized spacial score (nSPS) is 10.3. The van der Waals surface area contributed by atoms with Crippen LogP contribution in [0.2, 0.25) is 10.0 Å². The zero-order valence-electron chi connectivity index (χ0n) is 13.2. The summed E-state index contributed by atoms with van der Waals surface area (Å²) in [5.41, 5.74) is 2.75. The summed E-state index contributed by atoms with van der Waals surface area (Å²) in [5.74, 6) is -0.292. The standard InChI is InChI=1S/C19H15Cl2N3O/c20-14-5-3-6-15(10-14)24-19(25)18-9-8-16(12-23-18)22-11-13-4-1-2-7-17(13)21/h1-10,12,22H,11H2,(H,24,25). The number of benzene rings is 2. The van der Waals surface area contributed by atoms with Crippen LogP contribution in [-0.4, -0.2) is 10.9 Å². The molecule has 126 valence electrons. The van der Waals surface area contributed by atoms with E-state index >= 15 is 0 Å². The Kier molecular flexibility index (Phi) is 5.53. The predicted molar refractivity (Wildman–Crippen MR) is 102 cm³/mol. The summed E-state index contributed by atoms with van der Waals surface area (Å²) >= 11 is 12.0. The van der Waals surface area contributed by atoms with Gasteiger partial charge < -0.3 is 10.6 Å². The number of carbonyl (C=O) groups is 1. The van der Waals surface area contributed by atoms with Crippen molar-refractivity contribution >= 4 is 40.5 Å². The van der Waals surface area contributed by atoms with Gasteiger partial charge in [0.2, 0.25) is 0 Å². The summed E-state index contributed by atoms with van der Waals surface area (Å²) in [6.45, 7) is 0.579. The molecule has 0 fully saturated rings. The third-order valence-corrected chi connectivity index (χ3v) is 4.12. The van der Waals surface area contributed by atoms with Crippen molar-refractivity contribution in [2.24, 2.45) is 0 Å². The van der Waals surface area contributed by atoms with Crippen molar-refractivity contribution in [1.29, 1.82) is 0 Å². The fourth-order valence-electron chi connectivity index (χ4n) is 2.23. The van der Waals surface area contributed by atoms with Gasteiger partial charge in [-0.05, 0) is 42.0 Å².